The zero-order valence-corrected chi connectivity index (χ0v) is 17.2. The van der Waals surface area contributed by atoms with E-state index >= 15 is 0 Å². The lowest BCUT2D eigenvalue weighted by Gasteiger charge is -2.22. The van der Waals surface area contributed by atoms with Gasteiger partial charge in [-0.05, 0) is 36.1 Å². The molecule has 1 amide bonds. The predicted molar refractivity (Wildman–Crippen MR) is 114 cm³/mol. The molecule has 6 heteroatoms. The van der Waals surface area contributed by atoms with Crippen molar-refractivity contribution < 1.29 is 9.53 Å². The number of carbonyl (C=O) groups is 1. The summed E-state index contributed by atoms with van der Waals surface area (Å²) < 4.78 is 10.2. The summed E-state index contributed by atoms with van der Waals surface area (Å²) in [5.74, 6) is 1.55. The lowest BCUT2D eigenvalue weighted by atomic mass is 9.95. The maximum atomic E-state index is 12.3. The van der Waals surface area contributed by atoms with E-state index in [4.69, 9.17) is 4.74 Å². The highest BCUT2D eigenvalue weighted by molar-refractivity contribution is 7.07. The third-order valence-electron chi connectivity index (χ3n) is 5.12. The molecular formula is C23H25N3O2S. The first-order valence-electron chi connectivity index (χ1n) is 10.2. The van der Waals surface area contributed by atoms with Gasteiger partial charge in [0.2, 0.25) is 5.91 Å². The molecule has 1 aromatic heterocycles. The molecule has 1 aliphatic rings. The molecule has 0 aliphatic heterocycles. The van der Waals surface area contributed by atoms with Crippen molar-refractivity contribution in [2.75, 3.05) is 0 Å². The van der Waals surface area contributed by atoms with Crippen molar-refractivity contribution in [3.63, 3.8) is 0 Å². The number of rotatable bonds is 7. The minimum Gasteiger partial charge on any atom is -0.430 e. The maximum absolute atomic E-state index is 12.3. The van der Waals surface area contributed by atoms with Crippen LogP contribution in [0.3, 0.4) is 0 Å². The lowest BCUT2D eigenvalue weighted by molar-refractivity contribution is -0.121. The summed E-state index contributed by atoms with van der Waals surface area (Å²) in [6.45, 7) is 0. The van der Waals surface area contributed by atoms with Gasteiger partial charge in [-0.2, -0.15) is 9.36 Å². The number of ether oxygens (including phenoxy) is 1. The van der Waals surface area contributed by atoms with Crippen LogP contribution in [0.25, 0.3) is 0 Å². The minimum atomic E-state index is 0.0974. The summed E-state index contributed by atoms with van der Waals surface area (Å²) in [5, 5.41) is 3.68. The van der Waals surface area contributed by atoms with Gasteiger partial charge in [0.1, 0.15) is 5.75 Å². The Balaban J connectivity index is 1.28. The first-order valence-corrected chi connectivity index (χ1v) is 10.9. The lowest BCUT2D eigenvalue weighted by Crippen LogP contribution is -2.37. The summed E-state index contributed by atoms with van der Waals surface area (Å²) in [6, 6.07) is 18.1. The Morgan fingerprint density at radius 2 is 1.76 bits per heavy atom. The average Bonchev–Trinajstić information content (AvgIpc) is 3.17. The van der Waals surface area contributed by atoms with Crippen molar-refractivity contribution in [2.45, 2.75) is 51.0 Å². The van der Waals surface area contributed by atoms with Crippen molar-refractivity contribution in [2.24, 2.45) is 0 Å². The summed E-state index contributed by atoms with van der Waals surface area (Å²) in [7, 11) is 0. The largest absolute Gasteiger partial charge is 0.430 e. The van der Waals surface area contributed by atoms with E-state index < -0.39 is 0 Å². The van der Waals surface area contributed by atoms with E-state index in [0.29, 0.717) is 29.8 Å². The van der Waals surface area contributed by atoms with Crippen LogP contribution in [-0.4, -0.2) is 21.3 Å². The van der Waals surface area contributed by atoms with Crippen LogP contribution in [0.5, 0.6) is 10.9 Å². The molecule has 29 heavy (non-hydrogen) atoms. The zero-order valence-electron chi connectivity index (χ0n) is 16.3. The smallest absolute Gasteiger partial charge is 0.298 e. The molecule has 0 atom stereocenters. The van der Waals surface area contributed by atoms with Gasteiger partial charge in [0.25, 0.3) is 5.19 Å². The molecule has 4 rings (SSSR count). The topological polar surface area (TPSA) is 64.1 Å². The van der Waals surface area contributed by atoms with E-state index in [-0.39, 0.29) is 5.91 Å². The molecule has 1 aliphatic carbocycles. The monoisotopic (exact) mass is 407 g/mol. The first kappa shape index (κ1) is 19.6. The van der Waals surface area contributed by atoms with Crippen LogP contribution in [0.15, 0.2) is 54.6 Å². The van der Waals surface area contributed by atoms with Crippen LogP contribution in [0, 0.1) is 0 Å². The van der Waals surface area contributed by atoms with Crippen molar-refractivity contribution in [1.29, 1.82) is 0 Å². The molecule has 0 spiro atoms. The number of nitrogens with zero attached hydrogens (tertiary/aromatic N) is 2. The van der Waals surface area contributed by atoms with Crippen molar-refractivity contribution in [3.05, 3.63) is 71.5 Å². The Kier molecular flexibility index (Phi) is 6.52. The van der Waals surface area contributed by atoms with Crippen molar-refractivity contribution in [3.8, 4) is 10.9 Å². The number of hydrogen-bond donors (Lipinski definition) is 1. The minimum absolute atomic E-state index is 0.0974. The molecule has 0 bridgehead atoms. The molecule has 0 saturated heterocycles. The van der Waals surface area contributed by atoms with Crippen LogP contribution >= 0.6 is 11.5 Å². The predicted octanol–water partition coefficient (Wildman–Crippen LogP) is 4.91. The molecule has 1 fully saturated rings. The molecule has 3 aromatic rings. The Labute approximate surface area is 175 Å². The highest BCUT2D eigenvalue weighted by atomic mass is 32.1. The van der Waals surface area contributed by atoms with Crippen molar-refractivity contribution >= 4 is 17.4 Å². The van der Waals surface area contributed by atoms with Crippen molar-refractivity contribution in [1.82, 2.24) is 14.7 Å². The van der Waals surface area contributed by atoms with Gasteiger partial charge in [-0.3, -0.25) is 4.79 Å². The molecule has 0 unspecified atom stereocenters. The molecule has 0 radical (unpaired) electrons. The second kappa shape index (κ2) is 9.65. The summed E-state index contributed by atoms with van der Waals surface area (Å²) in [4.78, 5) is 16.7. The van der Waals surface area contributed by atoms with Crippen LogP contribution in [0.1, 0.15) is 49.1 Å². The summed E-state index contributed by atoms with van der Waals surface area (Å²) in [6.07, 6.45) is 7.02. The van der Waals surface area contributed by atoms with Gasteiger partial charge in [0.05, 0.1) is 6.42 Å². The van der Waals surface area contributed by atoms with E-state index in [1.54, 1.807) is 0 Å². The summed E-state index contributed by atoms with van der Waals surface area (Å²) in [5.41, 5.74) is 2.15. The van der Waals surface area contributed by atoms with Crippen LogP contribution in [0.4, 0.5) is 0 Å². The van der Waals surface area contributed by atoms with Gasteiger partial charge in [0.15, 0.2) is 5.82 Å². The first-order chi connectivity index (χ1) is 14.2. The number of aromatic nitrogens is 2. The van der Waals surface area contributed by atoms with E-state index in [2.05, 4.69) is 26.8 Å². The van der Waals surface area contributed by atoms with E-state index in [1.165, 1.54) is 36.4 Å². The molecule has 2 aromatic carbocycles. The SMILES string of the molecule is O=C(Cc1ccc(Oc2nc(Cc3ccccc3)ns2)cc1)NC1CCCCC1. The van der Waals surface area contributed by atoms with Crippen LogP contribution in [-0.2, 0) is 17.6 Å². The highest BCUT2D eigenvalue weighted by Gasteiger charge is 2.15. The fraction of sp³-hybridized carbons (Fsp3) is 0.348. The fourth-order valence-electron chi connectivity index (χ4n) is 3.62. The second-order valence-corrected chi connectivity index (χ2v) is 8.18. The Bertz CT molecular complexity index is 919. The van der Waals surface area contributed by atoms with Gasteiger partial charge in [0, 0.05) is 24.0 Å². The number of hydrogen-bond acceptors (Lipinski definition) is 5. The van der Waals surface area contributed by atoms with Crippen LogP contribution in [0.2, 0.25) is 0 Å². The van der Waals surface area contributed by atoms with Gasteiger partial charge in [-0.15, -0.1) is 0 Å². The normalized spacial score (nSPS) is 14.5. The molecular weight excluding hydrogens is 382 g/mol. The molecule has 1 N–H and O–H groups in total. The average molecular weight is 408 g/mol. The van der Waals surface area contributed by atoms with E-state index in [1.807, 2.05) is 42.5 Å². The Hall–Kier alpha value is -2.73. The number of nitrogens with one attached hydrogen (secondary N) is 1. The zero-order chi connectivity index (χ0) is 19.9. The second-order valence-electron chi connectivity index (χ2n) is 7.46. The number of amides is 1. The number of benzene rings is 2. The van der Waals surface area contributed by atoms with Gasteiger partial charge in [-0.25, -0.2) is 0 Å². The quantitative estimate of drug-likeness (QED) is 0.604. The Morgan fingerprint density at radius 1 is 1.00 bits per heavy atom. The molecule has 5 nitrogen and oxygen atoms in total. The standard InChI is InChI=1S/C23H25N3O2S/c27-22(24-19-9-5-2-6-10-19)16-18-11-13-20(14-12-18)28-23-25-21(26-29-23)15-17-7-3-1-4-8-17/h1,3-4,7-8,11-14,19H,2,5-6,9-10,15-16H2,(H,24,27). The highest BCUT2D eigenvalue weighted by Crippen LogP contribution is 2.24. The fourth-order valence-corrected chi connectivity index (χ4v) is 4.19. The van der Waals surface area contributed by atoms with Crippen LogP contribution < -0.4 is 10.1 Å². The van der Waals surface area contributed by atoms with Gasteiger partial charge < -0.3 is 10.1 Å². The third-order valence-corrected chi connectivity index (χ3v) is 5.75. The number of carbonyl (C=O) groups excluding carboxylic acids is 1. The molecule has 1 heterocycles. The maximum Gasteiger partial charge on any atom is 0.298 e. The third kappa shape index (κ3) is 5.87. The Morgan fingerprint density at radius 3 is 2.52 bits per heavy atom. The van der Waals surface area contributed by atoms with Gasteiger partial charge in [-0.1, -0.05) is 61.7 Å². The van der Waals surface area contributed by atoms with Gasteiger partial charge >= 0.3 is 0 Å². The molecule has 1 saturated carbocycles. The van der Waals surface area contributed by atoms with E-state index in [0.717, 1.165) is 24.2 Å². The summed E-state index contributed by atoms with van der Waals surface area (Å²) >= 11 is 1.25. The van der Waals surface area contributed by atoms with E-state index in [9.17, 15) is 4.79 Å². The molecule has 150 valence electrons.